The molecule has 43 heavy (non-hydrogen) atoms. The number of aromatic nitrogens is 4. The first-order valence-corrected chi connectivity index (χ1v) is 13.7. The Hall–Kier alpha value is -4.69. The van der Waals surface area contributed by atoms with E-state index in [1.807, 2.05) is 30.0 Å². The highest BCUT2D eigenvalue weighted by atomic mass is 16.4. The van der Waals surface area contributed by atoms with Crippen LogP contribution >= 0.6 is 0 Å². The van der Waals surface area contributed by atoms with E-state index in [1.165, 1.54) is 11.9 Å². The molecule has 1 aliphatic heterocycles. The first-order chi connectivity index (χ1) is 20.6. The van der Waals surface area contributed by atoms with Gasteiger partial charge >= 0.3 is 17.9 Å². The van der Waals surface area contributed by atoms with Gasteiger partial charge in [-0.05, 0) is 37.0 Å². The zero-order chi connectivity index (χ0) is 31.7. The van der Waals surface area contributed by atoms with Crippen LogP contribution in [0.25, 0.3) is 0 Å². The Kier molecular flexibility index (Phi) is 14.4. The summed E-state index contributed by atoms with van der Waals surface area (Å²) in [6.07, 6.45) is 2.80. The van der Waals surface area contributed by atoms with Crippen LogP contribution in [-0.4, -0.2) is 101 Å². The predicted molar refractivity (Wildman–Crippen MR) is 155 cm³/mol. The molecule has 14 heteroatoms. The molecule has 1 fully saturated rings. The Morgan fingerprint density at radius 3 is 1.91 bits per heavy atom. The topological polar surface area (TPSA) is 210 Å². The number of carboxylic acid groups (broad SMARTS) is 3. The molecule has 4 rings (SSSR count). The highest BCUT2D eigenvalue weighted by molar-refractivity contribution is 5.93. The lowest BCUT2D eigenvalue weighted by Crippen LogP contribution is -2.47. The monoisotopic (exact) mass is 598 g/mol. The number of carbonyl (C=O) groups excluding carboxylic acids is 1. The van der Waals surface area contributed by atoms with Gasteiger partial charge in [0.2, 0.25) is 5.91 Å². The Morgan fingerprint density at radius 1 is 0.930 bits per heavy atom. The summed E-state index contributed by atoms with van der Waals surface area (Å²) in [7, 11) is 0. The number of H-pyrrole nitrogens is 1. The van der Waals surface area contributed by atoms with Gasteiger partial charge in [0, 0.05) is 37.8 Å². The second-order valence-electron chi connectivity index (χ2n) is 9.80. The summed E-state index contributed by atoms with van der Waals surface area (Å²) in [5.74, 6) is -4.79. The molecule has 2 heterocycles. The largest absolute Gasteiger partial charge is 0.481 e. The molecule has 232 valence electrons. The van der Waals surface area contributed by atoms with Crippen LogP contribution in [0.5, 0.6) is 0 Å². The zero-order valence-corrected chi connectivity index (χ0v) is 24.0. The number of anilines is 1. The Morgan fingerprint density at radius 2 is 1.49 bits per heavy atom. The fraction of sp³-hybridized carbons (Fsp3) is 0.414. The Labute approximate surface area is 249 Å². The van der Waals surface area contributed by atoms with E-state index in [0.29, 0.717) is 12.5 Å². The molecule has 0 radical (unpaired) electrons. The number of aromatic amines is 1. The van der Waals surface area contributed by atoms with Crippen LogP contribution in [0.3, 0.4) is 0 Å². The molecule has 2 aromatic carbocycles. The van der Waals surface area contributed by atoms with Gasteiger partial charge in [-0.1, -0.05) is 60.7 Å². The summed E-state index contributed by atoms with van der Waals surface area (Å²) in [5, 5.41) is 46.0. The van der Waals surface area contributed by atoms with Gasteiger partial charge in [-0.3, -0.25) is 14.4 Å². The molecular formula is C29H38N6O8. The summed E-state index contributed by atoms with van der Waals surface area (Å²) in [5.41, 5.74) is -0.300. The molecule has 14 nitrogen and oxygen atoms in total. The lowest BCUT2D eigenvalue weighted by Gasteiger charge is -2.38. The maximum Gasteiger partial charge on any atom is 0.336 e. The minimum atomic E-state index is -2.74. The standard InChI is InChI=1S/C22H28N2O.C6H8O7.CH2N4/c1-2-22(25)24(20-11-7-4-8-12-20)21-14-17-23(18-15-21)16-13-19-9-5-3-6-10-19;7-3(8)1-6(13,5(11)12)2-4(9)10;1-2-4-5-3-1/h3-12,21H,2,13-18H2,1H3;13H,1-2H2,(H,7,8)(H,9,10)(H,11,12);1H,(H,2,3,4,5). The van der Waals surface area contributed by atoms with Crippen molar-refractivity contribution in [3.05, 3.63) is 72.6 Å². The summed E-state index contributed by atoms with van der Waals surface area (Å²) < 4.78 is 0. The normalized spacial score (nSPS) is 13.4. The number of likely N-dealkylation sites (tertiary alicyclic amines) is 1. The Balaban J connectivity index is 0.000000298. The van der Waals surface area contributed by atoms with Gasteiger partial charge in [0.1, 0.15) is 0 Å². The van der Waals surface area contributed by atoms with Crippen molar-refractivity contribution >= 4 is 29.5 Å². The third-order valence-corrected chi connectivity index (χ3v) is 6.64. The van der Waals surface area contributed by atoms with Gasteiger partial charge < -0.3 is 30.2 Å². The van der Waals surface area contributed by atoms with E-state index in [2.05, 4.69) is 68.0 Å². The maximum atomic E-state index is 12.5. The SMILES string of the molecule is CCC(=O)N(c1ccccc1)C1CCN(CCc2ccccc2)CC1.O=C(O)CC(O)(CC(=O)O)C(=O)O.c1nn[nH]n1. The van der Waals surface area contributed by atoms with E-state index in [9.17, 15) is 19.2 Å². The van der Waals surface area contributed by atoms with E-state index < -0.39 is 36.4 Å². The number of tetrazole rings is 1. The number of amides is 1. The lowest BCUT2D eigenvalue weighted by molar-refractivity contribution is -0.170. The zero-order valence-electron chi connectivity index (χ0n) is 24.0. The van der Waals surface area contributed by atoms with E-state index in [1.54, 1.807) is 0 Å². The third-order valence-electron chi connectivity index (χ3n) is 6.64. The Bertz CT molecular complexity index is 1220. The van der Waals surface area contributed by atoms with Crippen LogP contribution in [0, 0.1) is 0 Å². The van der Waals surface area contributed by atoms with E-state index in [0.717, 1.165) is 44.6 Å². The number of hydrogen-bond donors (Lipinski definition) is 5. The highest BCUT2D eigenvalue weighted by Crippen LogP contribution is 2.24. The first kappa shape index (κ1) is 34.5. The van der Waals surface area contributed by atoms with Crippen molar-refractivity contribution in [1.82, 2.24) is 25.5 Å². The maximum absolute atomic E-state index is 12.5. The van der Waals surface area contributed by atoms with Gasteiger partial charge in [0.25, 0.3) is 0 Å². The number of aliphatic carboxylic acids is 3. The van der Waals surface area contributed by atoms with Crippen molar-refractivity contribution in [1.29, 1.82) is 0 Å². The smallest absolute Gasteiger partial charge is 0.336 e. The molecule has 1 amide bonds. The number of carbonyl (C=O) groups is 4. The van der Waals surface area contributed by atoms with Crippen molar-refractivity contribution in [3.63, 3.8) is 0 Å². The quantitative estimate of drug-likeness (QED) is 0.215. The van der Waals surface area contributed by atoms with Crippen LogP contribution in [0.4, 0.5) is 5.69 Å². The predicted octanol–water partition coefficient (Wildman–Crippen LogP) is 2.09. The molecule has 1 aliphatic rings. The van der Waals surface area contributed by atoms with Gasteiger partial charge in [-0.25, -0.2) is 4.79 Å². The lowest BCUT2D eigenvalue weighted by atomic mass is 9.96. The molecule has 0 saturated carbocycles. The highest BCUT2D eigenvalue weighted by Gasteiger charge is 2.40. The molecular weight excluding hydrogens is 560 g/mol. The third kappa shape index (κ3) is 12.4. The average Bonchev–Trinajstić information content (AvgIpc) is 3.58. The van der Waals surface area contributed by atoms with Gasteiger partial charge in [0.15, 0.2) is 11.9 Å². The van der Waals surface area contributed by atoms with Crippen molar-refractivity contribution in [3.8, 4) is 0 Å². The van der Waals surface area contributed by atoms with Crippen molar-refractivity contribution in [2.45, 2.75) is 57.1 Å². The second kappa shape index (κ2) is 18.0. The summed E-state index contributed by atoms with van der Waals surface area (Å²) in [6, 6.07) is 21.1. The second-order valence-corrected chi connectivity index (χ2v) is 9.80. The number of rotatable bonds is 11. The van der Waals surface area contributed by atoms with Gasteiger partial charge in [0.05, 0.1) is 12.8 Å². The van der Waals surface area contributed by atoms with Crippen molar-refractivity contribution in [2.24, 2.45) is 0 Å². The van der Waals surface area contributed by atoms with Crippen LogP contribution in [0.2, 0.25) is 0 Å². The van der Waals surface area contributed by atoms with Gasteiger partial charge in [-0.2, -0.15) is 5.21 Å². The number of hydrogen-bond acceptors (Lipinski definition) is 9. The number of benzene rings is 2. The fourth-order valence-electron chi connectivity index (χ4n) is 4.49. The summed E-state index contributed by atoms with van der Waals surface area (Å²) in [6.45, 7) is 5.19. The molecule has 0 atom stereocenters. The fourth-order valence-corrected chi connectivity index (χ4v) is 4.49. The molecule has 1 saturated heterocycles. The minimum Gasteiger partial charge on any atom is -0.481 e. The number of piperidine rings is 1. The van der Waals surface area contributed by atoms with E-state index >= 15 is 0 Å². The average molecular weight is 599 g/mol. The van der Waals surface area contributed by atoms with Crippen LogP contribution in [0.1, 0.15) is 44.6 Å². The molecule has 1 aromatic heterocycles. The molecule has 0 bridgehead atoms. The minimum absolute atomic E-state index is 0.230. The molecule has 0 unspecified atom stereocenters. The first-order valence-electron chi connectivity index (χ1n) is 13.7. The summed E-state index contributed by atoms with van der Waals surface area (Å²) in [4.78, 5) is 47.6. The molecule has 5 N–H and O–H groups in total. The number of aliphatic hydroxyl groups is 1. The van der Waals surface area contributed by atoms with Gasteiger partial charge in [-0.15, -0.1) is 10.2 Å². The summed E-state index contributed by atoms with van der Waals surface area (Å²) >= 11 is 0. The molecule has 0 spiro atoms. The van der Waals surface area contributed by atoms with Crippen LogP contribution < -0.4 is 4.90 Å². The van der Waals surface area contributed by atoms with Crippen LogP contribution in [-0.2, 0) is 25.6 Å². The van der Waals surface area contributed by atoms with E-state index in [4.69, 9.17) is 20.4 Å². The number of para-hydroxylation sites is 1. The van der Waals surface area contributed by atoms with Crippen LogP contribution in [0.15, 0.2) is 67.0 Å². The molecule has 3 aromatic rings. The number of nitrogens with one attached hydrogen (secondary N) is 1. The number of carboxylic acids is 3. The molecule has 0 aliphatic carbocycles. The number of nitrogens with zero attached hydrogens (tertiary/aromatic N) is 5. The van der Waals surface area contributed by atoms with E-state index in [-0.39, 0.29) is 5.91 Å². The van der Waals surface area contributed by atoms with Crippen molar-refractivity contribution < 1.29 is 39.6 Å². The van der Waals surface area contributed by atoms with Crippen molar-refractivity contribution in [2.75, 3.05) is 24.5 Å².